The lowest BCUT2D eigenvalue weighted by atomic mass is 10.1. The fraction of sp³-hybridized carbons (Fsp3) is 0.615. The fourth-order valence-electron chi connectivity index (χ4n) is 5.06. The number of ether oxygens (including phenoxy) is 3. The second-order valence-electron chi connectivity index (χ2n) is 9.74. The Morgan fingerprint density at radius 1 is 1.19 bits per heavy atom. The van der Waals surface area contributed by atoms with Crippen LogP contribution in [0.25, 0.3) is 10.9 Å². The van der Waals surface area contributed by atoms with E-state index >= 15 is 0 Å². The van der Waals surface area contributed by atoms with Gasteiger partial charge in [0.1, 0.15) is 5.75 Å². The van der Waals surface area contributed by atoms with Gasteiger partial charge in [-0.25, -0.2) is 4.68 Å². The largest absolute Gasteiger partial charge is 0.494 e. The molecule has 1 N–H and O–H groups in total. The second kappa shape index (κ2) is 12.6. The number of benzene rings is 1. The summed E-state index contributed by atoms with van der Waals surface area (Å²) in [6.45, 7) is 10.4. The topological polar surface area (TPSA) is 111 Å². The molecule has 200 valence electrons. The molecule has 1 unspecified atom stereocenters. The number of H-pyrrole nitrogens is 1. The van der Waals surface area contributed by atoms with Crippen molar-refractivity contribution in [3.8, 4) is 5.75 Å². The molecular formula is C26H37N7O4. The van der Waals surface area contributed by atoms with E-state index < -0.39 is 0 Å². The first kappa shape index (κ1) is 25.8. The lowest BCUT2D eigenvalue weighted by molar-refractivity contribution is 0.0358. The van der Waals surface area contributed by atoms with Gasteiger partial charge in [0.05, 0.1) is 39.0 Å². The number of morpholine rings is 1. The van der Waals surface area contributed by atoms with Crippen molar-refractivity contribution in [1.82, 2.24) is 35.0 Å². The van der Waals surface area contributed by atoms with Gasteiger partial charge in [-0.3, -0.25) is 14.6 Å². The molecule has 11 heteroatoms. The van der Waals surface area contributed by atoms with Crippen molar-refractivity contribution in [1.29, 1.82) is 0 Å². The van der Waals surface area contributed by atoms with Crippen LogP contribution in [0.15, 0.2) is 29.1 Å². The van der Waals surface area contributed by atoms with Gasteiger partial charge < -0.3 is 19.2 Å². The molecule has 0 aliphatic carbocycles. The van der Waals surface area contributed by atoms with Crippen LogP contribution in [-0.4, -0.2) is 93.7 Å². The summed E-state index contributed by atoms with van der Waals surface area (Å²) in [5.41, 5.74) is 1.44. The van der Waals surface area contributed by atoms with Gasteiger partial charge >= 0.3 is 0 Å². The Balaban J connectivity index is 1.33. The normalized spacial score (nSPS) is 18.7. The first-order valence-corrected chi connectivity index (χ1v) is 13.4. The van der Waals surface area contributed by atoms with Crippen LogP contribution in [0, 0.1) is 0 Å². The summed E-state index contributed by atoms with van der Waals surface area (Å²) in [6, 6.07) is 7.72. The van der Waals surface area contributed by atoms with Gasteiger partial charge in [-0.15, -0.1) is 5.10 Å². The van der Waals surface area contributed by atoms with E-state index in [1.807, 2.05) is 35.9 Å². The number of hydrogen-bond acceptors (Lipinski definition) is 9. The third-order valence-corrected chi connectivity index (χ3v) is 7.02. The third-order valence-electron chi connectivity index (χ3n) is 7.02. The second-order valence-corrected chi connectivity index (χ2v) is 9.74. The predicted molar refractivity (Wildman–Crippen MR) is 139 cm³/mol. The van der Waals surface area contributed by atoms with Crippen molar-refractivity contribution in [2.75, 3.05) is 52.6 Å². The molecule has 11 nitrogen and oxygen atoms in total. The van der Waals surface area contributed by atoms with E-state index in [1.54, 1.807) is 0 Å². The number of fused-ring (bicyclic) bond motifs is 1. The Bertz CT molecular complexity index is 1200. The van der Waals surface area contributed by atoms with Gasteiger partial charge in [0.15, 0.2) is 5.82 Å². The van der Waals surface area contributed by atoms with Crippen LogP contribution in [0.4, 0.5) is 0 Å². The highest BCUT2D eigenvalue weighted by molar-refractivity contribution is 5.80. The van der Waals surface area contributed by atoms with Crippen LogP contribution in [0.2, 0.25) is 0 Å². The molecule has 37 heavy (non-hydrogen) atoms. The first-order chi connectivity index (χ1) is 18.2. The number of aromatic nitrogens is 5. The SMILES string of the molecule is CCOc1ccc2[nH]c(=O)c(CN(CCCN3CCOCC3)Cc3nnnn3CC3CCCO3)cc2c1. The van der Waals surface area contributed by atoms with Crippen molar-refractivity contribution in [2.24, 2.45) is 0 Å². The van der Waals surface area contributed by atoms with Gasteiger partial charge in [0.2, 0.25) is 0 Å². The number of tetrazole rings is 1. The standard InChI is InChI=1S/C26H37N7O4/c1-2-36-22-6-7-24-20(16-22)15-21(26(34)27-24)17-32(9-4-8-31-10-13-35-14-11-31)19-25-28-29-30-33(25)18-23-5-3-12-37-23/h6-7,15-16,23H,2-5,8-14,17-19H2,1H3,(H,27,34). The van der Waals surface area contributed by atoms with Crippen LogP contribution in [0.1, 0.15) is 37.6 Å². The zero-order chi connectivity index (χ0) is 25.5. The summed E-state index contributed by atoms with van der Waals surface area (Å²) < 4.78 is 18.8. The van der Waals surface area contributed by atoms with Crippen LogP contribution in [0.3, 0.4) is 0 Å². The predicted octanol–water partition coefficient (Wildman–Crippen LogP) is 1.82. The number of nitrogens with zero attached hydrogens (tertiary/aromatic N) is 6. The molecular weight excluding hydrogens is 474 g/mol. The Labute approximate surface area is 216 Å². The number of rotatable bonds is 12. The molecule has 2 aliphatic rings. The summed E-state index contributed by atoms with van der Waals surface area (Å²) in [4.78, 5) is 20.7. The van der Waals surface area contributed by atoms with E-state index in [0.717, 1.165) is 87.7 Å². The molecule has 5 rings (SSSR count). The van der Waals surface area contributed by atoms with E-state index in [9.17, 15) is 4.79 Å². The molecule has 0 saturated carbocycles. The monoisotopic (exact) mass is 511 g/mol. The van der Waals surface area contributed by atoms with Gasteiger partial charge in [0.25, 0.3) is 5.56 Å². The molecule has 3 aromatic rings. The molecule has 2 aliphatic heterocycles. The quantitative estimate of drug-likeness (QED) is 0.389. The van der Waals surface area contributed by atoms with Crippen molar-refractivity contribution >= 4 is 10.9 Å². The minimum atomic E-state index is -0.0752. The average molecular weight is 512 g/mol. The average Bonchev–Trinajstić information content (AvgIpc) is 3.58. The van der Waals surface area contributed by atoms with Crippen LogP contribution < -0.4 is 10.3 Å². The van der Waals surface area contributed by atoms with Gasteiger partial charge in [0, 0.05) is 49.3 Å². The molecule has 0 spiro atoms. The Kier molecular flexibility index (Phi) is 8.77. The molecule has 2 saturated heterocycles. The molecule has 0 radical (unpaired) electrons. The Hall–Kier alpha value is -2.86. The zero-order valence-electron chi connectivity index (χ0n) is 21.6. The molecule has 2 aromatic heterocycles. The van der Waals surface area contributed by atoms with E-state index in [-0.39, 0.29) is 11.7 Å². The molecule has 1 aromatic carbocycles. The molecule has 0 bridgehead atoms. The zero-order valence-corrected chi connectivity index (χ0v) is 21.6. The highest BCUT2D eigenvalue weighted by Gasteiger charge is 2.21. The summed E-state index contributed by atoms with van der Waals surface area (Å²) in [5, 5.41) is 13.4. The van der Waals surface area contributed by atoms with E-state index in [0.29, 0.717) is 31.8 Å². The smallest absolute Gasteiger partial charge is 0.252 e. The van der Waals surface area contributed by atoms with Crippen LogP contribution in [-0.2, 0) is 29.1 Å². The van der Waals surface area contributed by atoms with Crippen molar-refractivity contribution < 1.29 is 14.2 Å². The summed E-state index contributed by atoms with van der Waals surface area (Å²) in [7, 11) is 0. The van der Waals surface area contributed by atoms with E-state index in [2.05, 4.69) is 30.3 Å². The Morgan fingerprint density at radius 2 is 2.08 bits per heavy atom. The maximum absolute atomic E-state index is 13.0. The lowest BCUT2D eigenvalue weighted by Gasteiger charge is -2.28. The van der Waals surface area contributed by atoms with Gasteiger partial charge in [-0.1, -0.05) is 0 Å². The summed E-state index contributed by atoms with van der Waals surface area (Å²) in [5.74, 6) is 1.58. The van der Waals surface area contributed by atoms with E-state index in [1.165, 1.54) is 0 Å². The van der Waals surface area contributed by atoms with Crippen LogP contribution >= 0.6 is 0 Å². The van der Waals surface area contributed by atoms with Gasteiger partial charge in [-0.2, -0.15) is 0 Å². The number of hydrogen-bond donors (Lipinski definition) is 1. The minimum absolute atomic E-state index is 0.0752. The summed E-state index contributed by atoms with van der Waals surface area (Å²) >= 11 is 0. The number of nitrogens with one attached hydrogen (secondary N) is 1. The van der Waals surface area contributed by atoms with Crippen molar-refractivity contribution in [3.63, 3.8) is 0 Å². The molecule has 1 atom stereocenters. The fourth-order valence-corrected chi connectivity index (χ4v) is 5.06. The lowest BCUT2D eigenvalue weighted by Crippen LogP contribution is -2.38. The highest BCUT2D eigenvalue weighted by Crippen LogP contribution is 2.20. The summed E-state index contributed by atoms with van der Waals surface area (Å²) in [6.07, 6.45) is 3.23. The highest BCUT2D eigenvalue weighted by atomic mass is 16.5. The van der Waals surface area contributed by atoms with Crippen molar-refractivity contribution in [2.45, 2.75) is 51.9 Å². The van der Waals surface area contributed by atoms with E-state index in [4.69, 9.17) is 14.2 Å². The number of aromatic amines is 1. The van der Waals surface area contributed by atoms with Gasteiger partial charge in [-0.05, 0) is 67.4 Å². The van der Waals surface area contributed by atoms with Crippen LogP contribution in [0.5, 0.6) is 5.75 Å². The molecule has 0 amide bonds. The third kappa shape index (κ3) is 6.92. The molecule has 4 heterocycles. The maximum Gasteiger partial charge on any atom is 0.252 e. The Morgan fingerprint density at radius 3 is 2.89 bits per heavy atom. The van der Waals surface area contributed by atoms with Crippen molar-refractivity contribution in [3.05, 3.63) is 46.0 Å². The number of pyridine rings is 1. The molecule has 2 fully saturated rings. The maximum atomic E-state index is 13.0. The minimum Gasteiger partial charge on any atom is -0.494 e. The first-order valence-electron chi connectivity index (χ1n) is 13.4.